The molecular formula is C13H14FN3O3. The van der Waals surface area contributed by atoms with Crippen LogP contribution in [0.1, 0.15) is 22.9 Å². The molecule has 1 heterocycles. The van der Waals surface area contributed by atoms with Crippen LogP contribution in [0.15, 0.2) is 24.3 Å². The van der Waals surface area contributed by atoms with Crippen molar-refractivity contribution in [2.24, 2.45) is 0 Å². The van der Waals surface area contributed by atoms with Gasteiger partial charge in [-0.3, -0.25) is 0 Å². The average Bonchev–Trinajstić information content (AvgIpc) is 2.71. The van der Waals surface area contributed by atoms with E-state index in [9.17, 15) is 19.6 Å². The molecule has 2 aromatic rings. The quantitative estimate of drug-likeness (QED) is 0.687. The van der Waals surface area contributed by atoms with Crippen molar-refractivity contribution in [3.63, 3.8) is 0 Å². The third kappa shape index (κ3) is 2.83. The molecule has 0 saturated heterocycles. The summed E-state index contributed by atoms with van der Waals surface area (Å²) in [5.41, 5.74) is 1.77. The van der Waals surface area contributed by atoms with Gasteiger partial charge >= 0.3 is 5.82 Å². The molecule has 0 unspecified atom stereocenters. The molecule has 0 aliphatic heterocycles. The van der Waals surface area contributed by atoms with Crippen LogP contribution in [-0.4, -0.2) is 19.8 Å². The number of aliphatic hydroxyl groups excluding tert-OH is 1. The number of benzene rings is 1. The fourth-order valence-corrected chi connectivity index (χ4v) is 2.04. The van der Waals surface area contributed by atoms with E-state index in [4.69, 9.17) is 0 Å². The summed E-state index contributed by atoms with van der Waals surface area (Å²) in [6.45, 7) is 3.44. The molecule has 0 aliphatic rings. The lowest BCUT2D eigenvalue weighted by atomic mass is 10.0. The third-order valence-corrected chi connectivity index (χ3v) is 3.09. The topological polar surface area (TPSA) is 81.2 Å². The molecule has 106 valence electrons. The Morgan fingerprint density at radius 3 is 2.70 bits per heavy atom. The summed E-state index contributed by atoms with van der Waals surface area (Å²) < 4.78 is 14.4. The molecule has 1 N–H and O–H groups in total. The Balaban J connectivity index is 2.23. The highest BCUT2D eigenvalue weighted by atomic mass is 19.1. The molecule has 1 aromatic heterocycles. The first-order valence-electron chi connectivity index (χ1n) is 6.01. The summed E-state index contributed by atoms with van der Waals surface area (Å²) in [7, 11) is 0. The maximum atomic E-state index is 13.0. The van der Waals surface area contributed by atoms with Crippen molar-refractivity contribution in [1.82, 2.24) is 9.78 Å². The number of aliphatic hydroxyl groups is 1. The van der Waals surface area contributed by atoms with Crippen molar-refractivity contribution in [2.75, 3.05) is 0 Å². The van der Waals surface area contributed by atoms with Crippen LogP contribution < -0.4 is 0 Å². The minimum absolute atomic E-state index is 0.0755. The molecular weight excluding hydrogens is 265 g/mol. The van der Waals surface area contributed by atoms with E-state index in [1.165, 1.54) is 28.9 Å². The van der Waals surface area contributed by atoms with E-state index in [2.05, 4.69) is 5.10 Å². The molecule has 6 nitrogen and oxygen atoms in total. The number of rotatable bonds is 4. The molecule has 7 heteroatoms. The second-order valence-electron chi connectivity index (χ2n) is 4.60. The Morgan fingerprint density at radius 1 is 1.45 bits per heavy atom. The van der Waals surface area contributed by atoms with Gasteiger partial charge in [0.25, 0.3) is 0 Å². The Kier molecular flexibility index (Phi) is 3.80. The van der Waals surface area contributed by atoms with Crippen LogP contribution in [0.3, 0.4) is 0 Å². The zero-order valence-corrected chi connectivity index (χ0v) is 11.1. The SMILES string of the molecule is Cc1cc(F)ccc1[C@@H](O)Cn1nc([N+](=O)[O-])cc1C. The summed E-state index contributed by atoms with van der Waals surface area (Å²) in [6, 6.07) is 5.44. The second-order valence-corrected chi connectivity index (χ2v) is 4.60. The second kappa shape index (κ2) is 5.38. The summed E-state index contributed by atoms with van der Waals surface area (Å²) in [6.07, 6.45) is -0.909. The number of halogens is 1. The molecule has 0 amide bonds. The number of nitrogens with zero attached hydrogens (tertiary/aromatic N) is 3. The minimum atomic E-state index is -0.909. The lowest BCUT2D eigenvalue weighted by molar-refractivity contribution is -0.389. The molecule has 1 aromatic carbocycles. The van der Waals surface area contributed by atoms with Crippen LogP contribution in [-0.2, 0) is 6.54 Å². The van der Waals surface area contributed by atoms with Gasteiger partial charge in [-0.15, -0.1) is 0 Å². The van der Waals surface area contributed by atoms with Crippen molar-refractivity contribution in [2.45, 2.75) is 26.5 Å². The van der Waals surface area contributed by atoms with Crippen LogP contribution in [0, 0.1) is 29.8 Å². The zero-order valence-electron chi connectivity index (χ0n) is 11.1. The van der Waals surface area contributed by atoms with Gasteiger partial charge < -0.3 is 15.2 Å². The van der Waals surface area contributed by atoms with Gasteiger partial charge in [0.2, 0.25) is 0 Å². The highest BCUT2D eigenvalue weighted by Gasteiger charge is 2.19. The van der Waals surface area contributed by atoms with Gasteiger partial charge in [0, 0.05) is 0 Å². The smallest absolute Gasteiger partial charge is 0.386 e. The maximum Gasteiger partial charge on any atom is 0.390 e. The van der Waals surface area contributed by atoms with Crippen molar-refractivity contribution in [1.29, 1.82) is 0 Å². The summed E-state index contributed by atoms with van der Waals surface area (Å²) in [5.74, 6) is -0.630. The van der Waals surface area contributed by atoms with Crippen molar-refractivity contribution in [3.05, 3.63) is 57.0 Å². The van der Waals surface area contributed by atoms with E-state index >= 15 is 0 Å². The minimum Gasteiger partial charge on any atom is -0.386 e. The largest absolute Gasteiger partial charge is 0.390 e. The normalized spacial score (nSPS) is 12.4. The number of nitro groups is 1. The van der Waals surface area contributed by atoms with Gasteiger partial charge in [0.05, 0.1) is 23.4 Å². The van der Waals surface area contributed by atoms with Gasteiger partial charge in [0.1, 0.15) is 11.9 Å². The molecule has 0 fully saturated rings. The fraction of sp³-hybridized carbons (Fsp3) is 0.308. The van der Waals surface area contributed by atoms with E-state index in [1.54, 1.807) is 13.8 Å². The van der Waals surface area contributed by atoms with E-state index < -0.39 is 11.0 Å². The summed E-state index contributed by atoms with van der Waals surface area (Å²) in [5, 5.41) is 24.6. The van der Waals surface area contributed by atoms with Crippen molar-refractivity contribution in [3.8, 4) is 0 Å². The lowest BCUT2D eigenvalue weighted by Gasteiger charge is -2.13. The standard InChI is InChI=1S/C13H14FN3O3/c1-8-5-10(14)3-4-11(8)12(18)7-16-9(2)6-13(15-16)17(19)20/h3-6,12,18H,7H2,1-2H3/t12-/m0/s1. The number of hydrogen-bond donors (Lipinski definition) is 1. The van der Waals surface area contributed by atoms with Crippen molar-refractivity contribution < 1.29 is 14.4 Å². The number of aromatic nitrogens is 2. The molecule has 0 spiro atoms. The van der Waals surface area contributed by atoms with Crippen LogP contribution in [0.4, 0.5) is 10.2 Å². The molecule has 0 bridgehead atoms. The van der Waals surface area contributed by atoms with Gasteiger partial charge in [-0.05, 0) is 42.0 Å². The third-order valence-electron chi connectivity index (χ3n) is 3.09. The zero-order chi connectivity index (χ0) is 14.9. The highest BCUT2D eigenvalue weighted by Crippen LogP contribution is 2.21. The molecule has 1 atom stereocenters. The first kappa shape index (κ1) is 14.1. The number of aryl methyl sites for hydroxylation is 2. The van der Waals surface area contributed by atoms with Gasteiger partial charge in [-0.1, -0.05) is 6.07 Å². The first-order valence-corrected chi connectivity index (χ1v) is 6.01. The van der Waals surface area contributed by atoms with Crippen LogP contribution in [0.5, 0.6) is 0 Å². The van der Waals surface area contributed by atoms with Crippen LogP contribution >= 0.6 is 0 Å². The number of hydrogen-bond acceptors (Lipinski definition) is 4. The Hall–Kier alpha value is -2.28. The Morgan fingerprint density at radius 2 is 2.15 bits per heavy atom. The molecule has 0 saturated carbocycles. The molecule has 0 aliphatic carbocycles. The first-order chi connectivity index (χ1) is 9.38. The molecule has 20 heavy (non-hydrogen) atoms. The predicted molar refractivity (Wildman–Crippen MR) is 69.7 cm³/mol. The van der Waals surface area contributed by atoms with Gasteiger partial charge in [-0.25, -0.2) is 4.39 Å². The monoisotopic (exact) mass is 279 g/mol. The van der Waals surface area contributed by atoms with E-state index in [0.29, 0.717) is 16.8 Å². The Labute approximate surface area is 114 Å². The van der Waals surface area contributed by atoms with E-state index in [-0.39, 0.29) is 18.2 Å². The van der Waals surface area contributed by atoms with E-state index in [1.807, 2.05) is 0 Å². The van der Waals surface area contributed by atoms with Crippen LogP contribution in [0.25, 0.3) is 0 Å². The predicted octanol–water partition coefficient (Wildman–Crippen LogP) is 2.28. The fourth-order valence-electron chi connectivity index (χ4n) is 2.04. The van der Waals surface area contributed by atoms with Crippen LogP contribution in [0.2, 0.25) is 0 Å². The lowest BCUT2D eigenvalue weighted by Crippen LogP contribution is -2.12. The summed E-state index contributed by atoms with van der Waals surface area (Å²) in [4.78, 5) is 10.1. The van der Waals surface area contributed by atoms with Gasteiger partial charge in [0.15, 0.2) is 0 Å². The highest BCUT2D eigenvalue weighted by molar-refractivity contribution is 5.29. The average molecular weight is 279 g/mol. The summed E-state index contributed by atoms with van der Waals surface area (Å²) >= 11 is 0. The van der Waals surface area contributed by atoms with Gasteiger partial charge in [-0.2, -0.15) is 4.68 Å². The van der Waals surface area contributed by atoms with E-state index in [0.717, 1.165) is 0 Å². The maximum absolute atomic E-state index is 13.0. The Bertz CT molecular complexity index is 654. The molecule has 0 radical (unpaired) electrons. The van der Waals surface area contributed by atoms with Crippen molar-refractivity contribution >= 4 is 5.82 Å². The molecule has 2 rings (SSSR count).